The summed E-state index contributed by atoms with van der Waals surface area (Å²) in [5.74, 6) is -0.381. The summed E-state index contributed by atoms with van der Waals surface area (Å²) in [6.07, 6.45) is 0.805. The standard InChI is InChI=1S/C12H16Cl2N2O/c1-3-11(16-7(2)12(15)17)9-5-4-8(13)6-10(9)14/h4-7,11,16H,3H2,1-2H3,(H2,15,17). The second-order valence-electron chi connectivity index (χ2n) is 3.92. The molecule has 1 rings (SSSR count). The largest absolute Gasteiger partial charge is 0.368 e. The van der Waals surface area contributed by atoms with Crippen molar-refractivity contribution in [3.63, 3.8) is 0 Å². The molecule has 0 saturated heterocycles. The van der Waals surface area contributed by atoms with Crippen LogP contribution in [0.25, 0.3) is 0 Å². The molecule has 1 aromatic rings. The first-order valence-corrected chi connectivity index (χ1v) is 6.21. The molecule has 2 unspecified atom stereocenters. The van der Waals surface area contributed by atoms with Gasteiger partial charge in [0.05, 0.1) is 6.04 Å². The Morgan fingerprint density at radius 2 is 2.12 bits per heavy atom. The van der Waals surface area contributed by atoms with Crippen molar-refractivity contribution in [1.29, 1.82) is 0 Å². The van der Waals surface area contributed by atoms with E-state index in [1.807, 2.05) is 13.0 Å². The van der Waals surface area contributed by atoms with E-state index < -0.39 is 6.04 Å². The number of carbonyl (C=O) groups is 1. The maximum atomic E-state index is 11.0. The molecule has 3 N–H and O–H groups in total. The summed E-state index contributed by atoms with van der Waals surface area (Å²) in [7, 11) is 0. The third-order valence-corrected chi connectivity index (χ3v) is 3.19. The second-order valence-corrected chi connectivity index (χ2v) is 4.76. The normalized spacial score (nSPS) is 14.4. The van der Waals surface area contributed by atoms with E-state index in [9.17, 15) is 4.79 Å². The van der Waals surface area contributed by atoms with Crippen LogP contribution in [0, 0.1) is 0 Å². The van der Waals surface area contributed by atoms with Crippen LogP contribution in [0.3, 0.4) is 0 Å². The molecule has 0 fully saturated rings. The molecule has 0 radical (unpaired) electrons. The lowest BCUT2D eigenvalue weighted by Crippen LogP contribution is -2.40. The first-order chi connectivity index (χ1) is 7.95. The fourth-order valence-electron chi connectivity index (χ4n) is 1.60. The number of primary amides is 1. The number of halogens is 2. The summed E-state index contributed by atoms with van der Waals surface area (Å²) < 4.78 is 0. The fraction of sp³-hybridized carbons (Fsp3) is 0.417. The highest BCUT2D eigenvalue weighted by Gasteiger charge is 2.17. The highest BCUT2D eigenvalue weighted by molar-refractivity contribution is 6.35. The summed E-state index contributed by atoms with van der Waals surface area (Å²) in [6.45, 7) is 3.74. The number of benzene rings is 1. The van der Waals surface area contributed by atoms with Crippen molar-refractivity contribution in [2.24, 2.45) is 5.73 Å². The minimum atomic E-state index is -0.397. The number of nitrogens with one attached hydrogen (secondary N) is 1. The minimum absolute atomic E-state index is 0.0118. The van der Waals surface area contributed by atoms with Crippen molar-refractivity contribution in [3.8, 4) is 0 Å². The van der Waals surface area contributed by atoms with E-state index in [4.69, 9.17) is 28.9 Å². The predicted octanol–water partition coefficient (Wildman–Crippen LogP) is 2.91. The van der Waals surface area contributed by atoms with E-state index in [1.54, 1.807) is 19.1 Å². The van der Waals surface area contributed by atoms with Gasteiger partial charge in [-0.15, -0.1) is 0 Å². The monoisotopic (exact) mass is 274 g/mol. The lowest BCUT2D eigenvalue weighted by atomic mass is 10.0. The van der Waals surface area contributed by atoms with Crippen molar-refractivity contribution in [2.45, 2.75) is 32.4 Å². The zero-order valence-corrected chi connectivity index (χ0v) is 11.3. The van der Waals surface area contributed by atoms with E-state index >= 15 is 0 Å². The number of carbonyl (C=O) groups excluding carboxylic acids is 1. The van der Waals surface area contributed by atoms with Gasteiger partial charge in [0.25, 0.3) is 0 Å². The van der Waals surface area contributed by atoms with E-state index in [-0.39, 0.29) is 11.9 Å². The van der Waals surface area contributed by atoms with Crippen LogP contribution in [-0.2, 0) is 4.79 Å². The third kappa shape index (κ3) is 3.87. The molecule has 0 aliphatic heterocycles. The lowest BCUT2D eigenvalue weighted by Gasteiger charge is -2.21. The van der Waals surface area contributed by atoms with Crippen LogP contribution in [0.15, 0.2) is 18.2 Å². The Balaban J connectivity index is 2.90. The Labute approximate surface area is 111 Å². The van der Waals surface area contributed by atoms with E-state index in [2.05, 4.69) is 5.32 Å². The van der Waals surface area contributed by atoms with Crippen LogP contribution in [0.1, 0.15) is 31.9 Å². The van der Waals surface area contributed by atoms with Crippen molar-refractivity contribution in [2.75, 3.05) is 0 Å². The average molecular weight is 275 g/mol. The lowest BCUT2D eigenvalue weighted by molar-refractivity contribution is -0.119. The topological polar surface area (TPSA) is 55.1 Å². The van der Waals surface area contributed by atoms with E-state index in [0.717, 1.165) is 12.0 Å². The molecule has 0 bridgehead atoms. The zero-order chi connectivity index (χ0) is 13.0. The molecule has 94 valence electrons. The molecule has 0 spiro atoms. The quantitative estimate of drug-likeness (QED) is 0.868. The van der Waals surface area contributed by atoms with Gasteiger partial charge >= 0.3 is 0 Å². The van der Waals surface area contributed by atoms with Crippen molar-refractivity contribution in [3.05, 3.63) is 33.8 Å². The SMILES string of the molecule is CCC(NC(C)C(N)=O)c1ccc(Cl)cc1Cl. The molecular weight excluding hydrogens is 259 g/mol. The summed E-state index contributed by atoms with van der Waals surface area (Å²) in [5, 5.41) is 4.33. The molecule has 0 saturated carbocycles. The van der Waals surface area contributed by atoms with Crippen LogP contribution in [0.5, 0.6) is 0 Å². The summed E-state index contributed by atoms with van der Waals surface area (Å²) >= 11 is 12.0. The van der Waals surface area contributed by atoms with Crippen molar-refractivity contribution in [1.82, 2.24) is 5.32 Å². The van der Waals surface area contributed by atoms with Gasteiger partial charge in [-0.2, -0.15) is 0 Å². The first-order valence-electron chi connectivity index (χ1n) is 5.46. The molecular formula is C12H16Cl2N2O. The molecule has 17 heavy (non-hydrogen) atoms. The number of amides is 1. The fourth-order valence-corrected chi connectivity index (χ4v) is 2.14. The molecule has 1 amide bonds. The van der Waals surface area contributed by atoms with Gasteiger partial charge in [0.1, 0.15) is 0 Å². The predicted molar refractivity (Wildman–Crippen MR) is 71.3 cm³/mol. The van der Waals surface area contributed by atoms with E-state index in [1.165, 1.54) is 0 Å². The second kappa shape index (κ2) is 6.24. The van der Waals surface area contributed by atoms with Crippen LogP contribution < -0.4 is 11.1 Å². The first kappa shape index (κ1) is 14.3. The number of rotatable bonds is 5. The molecule has 0 aliphatic carbocycles. The smallest absolute Gasteiger partial charge is 0.234 e. The Bertz CT molecular complexity index is 409. The minimum Gasteiger partial charge on any atom is -0.368 e. The van der Waals surface area contributed by atoms with Gasteiger partial charge in [0, 0.05) is 16.1 Å². The van der Waals surface area contributed by atoms with Gasteiger partial charge in [-0.3, -0.25) is 10.1 Å². The summed E-state index contributed by atoms with van der Waals surface area (Å²) in [4.78, 5) is 11.0. The van der Waals surface area contributed by atoms with Crippen LogP contribution in [-0.4, -0.2) is 11.9 Å². The molecule has 0 aliphatic rings. The summed E-state index contributed by atoms with van der Waals surface area (Å²) in [5.41, 5.74) is 6.15. The highest BCUT2D eigenvalue weighted by Crippen LogP contribution is 2.28. The Morgan fingerprint density at radius 3 is 2.59 bits per heavy atom. The van der Waals surface area contributed by atoms with Crippen LogP contribution in [0.4, 0.5) is 0 Å². The van der Waals surface area contributed by atoms with Gasteiger partial charge in [-0.05, 0) is 31.0 Å². The highest BCUT2D eigenvalue weighted by atomic mass is 35.5. The number of nitrogens with two attached hydrogens (primary N) is 1. The van der Waals surface area contributed by atoms with E-state index in [0.29, 0.717) is 10.0 Å². The Hall–Kier alpha value is -0.770. The zero-order valence-electron chi connectivity index (χ0n) is 9.84. The Kier molecular flexibility index (Phi) is 5.25. The van der Waals surface area contributed by atoms with Gasteiger partial charge in [0.2, 0.25) is 5.91 Å². The van der Waals surface area contributed by atoms with Crippen molar-refractivity contribution >= 4 is 29.1 Å². The van der Waals surface area contributed by atoms with Gasteiger partial charge in [-0.1, -0.05) is 36.2 Å². The maximum Gasteiger partial charge on any atom is 0.234 e. The number of hydrogen-bond acceptors (Lipinski definition) is 2. The Morgan fingerprint density at radius 1 is 1.47 bits per heavy atom. The van der Waals surface area contributed by atoms with Crippen LogP contribution in [0.2, 0.25) is 10.0 Å². The average Bonchev–Trinajstić information content (AvgIpc) is 2.26. The van der Waals surface area contributed by atoms with Crippen LogP contribution >= 0.6 is 23.2 Å². The maximum absolute atomic E-state index is 11.0. The molecule has 0 aromatic heterocycles. The van der Waals surface area contributed by atoms with Gasteiger partial charge in [-0.25, -0.2) is 0 Å². The number of hydrogen-bond donors (Lipinski definition) is 2. The molecule has 2 atom stereocenters. The molecule has 1 aromatic carbocycles. The molecule has 3 nitrogen and oxygen atoms in total. The molecule has 0 heterocycles. The third-order valence-electron chi connectivity index (χ3n) is 2.62. The van der Waals surface area contributed by atoms with Crippen molar-refractivity contribution < 1.29 is 4.79 Å². The van der Waals surface area contributed by atoms with Gasteiger partial charge in [0.15, 0.2) is 0 Å². The molecule has 5 heteroatoms. The van der Waals surface area contributed by atoms with Gasteiger partial charge < -0.3 is 5.73 Å². The summed E-state index contributed by atoms with van der Waals surface area (Å²) in [6, 6.07) is 4.92.